The van der Waals surface area contributed by atoms with Crippen LogP contribution < -0.4 is 9.47 Å². The monoisotopic (exact) mass is 426 g/mol. The number of methoxy groups -OCH3 is 1. The van der Waals surface area contributed by atoms with Gasteiger partial charge in [0.15, 0.2) is 22.9 Å². The zero-order valence-corrected chi connectivity index (χ0v) is 17.9. The van der Waals surface area contributed by atoms with Gasteiger partial charge in [0.1, 0.15) is 5.82 Å². The molecule has 1 fully saturated rings. The maximum absolute atomic E-state index is 14.2. The number of halogens is 1. The van der Waals surface area contributed by atoms with Crippen molar-refractivity contribution in [1.29, 1.82) is 0 Å². The van der Waals surface area contributed by atoms with Gasteiger partial charge < -0.3 is 18.9 Å². The maximum atomic E-state index is 14.2. The van der Waals surface area contributed by atoms with Crippen molar-refractivity contribution >= 4 is 16.8 Å². The first-order valence-corrected chi connectivity index (χ1v) is 10.6. The van der Waals surface area contributed by atoms with E-state index < -0.39 is 0 Å². The van der Waals surface area contributed by atoms with E-state index in [2.05, 4.69) is 10.1 Å². The third-order valence-electron chi connectivity index (χ3n) is 5.89. The average Bonchev–Trinajstić information content (AvgIpc) is 3.22. The summed E-state index contributed by atoms with van der Waals surface area (Å²) in [6.45, 7) is 4.89. The van der Waals surface area contributed by atoms with Crippen LogP contribution in [0.4, 0.5) is 4.39 Å². The van der Waals surface area contributed by atoms with Crippen LogP contribution in [0, 0.1) is 5.82 Å². The maximum Gasteiger partial charge on any atom is 0.170 e. The van der Waals surface area contributed by atoms with Crippen molar-refractivity contribution in [2.24, 2.45) is 0 Å². The molecule has 0 spiro atoms. The smallest absolute Gasteiger partial charge is 0.170 e. The minimum atomic E-state index is -0.264. The van der Waals surface area contributed by atoms with Crippen molar-refractivity contribution in [3.63, 3.8) is 0 Å². The second-order valence-electron chi connectivity index (χ2n) is 7.92. The van der Waals surface area contributed by atoms with E-state index in [-0.39, 0.29) is 17.5 Å². The number of Topliss-reactive ketones (excluding diaryl/α,β-unsaturated/α-hetero) is 1. The van der Waals surface area contributed by atoms with Gasteiger partial charge in [-0.05, 0) is 69.6 Å². The fourth-order valence-corrected chi connectivity index (χ4v) is 4.16. The van der Waals surface area contributed by atoms with E-state index in [1.807, 2.05) is 0 Å². The Balaban J connectivity index is 1.25. The molecule has 0 aliphatic carbocycles. The predicted octanol–water partition coefficient (Wildman–Crippen LogP) is 4.83. The summed E-state index contributed by atoms with van der Waals surface area (Å²) in [5.41, 5.74) is 1.87. The van der Waals surface area contributed by atoms with Crippen molar-refractivity contribution < 1.29 is 23.2 Å². The van der Waals surface area contributed by atoms with Crippen LogP contribution in [0.5, 0.6) is 11.5 Å². The molecule has 7 heteroatoms. The second kappa shape index (κ2) is 9.47. The predicted molar refractivity (Wildman–Crippen MR) is 115 cm³/mol. The molecule has 0 amide bonds. The molecule has 4 rings (SSSR count). The summed E-state index contributed by atoms with van der Waals surface area (Å²) in [5, 5.41) is 4.69. The lowest BCUT2D eigenvalue weighted by molar-refractivity contribution is 0.101. The quantitative estimate of drug-likeness (QED) is 0.380. The molecular formula is C24H27FN2O4. The number of nitrogens with zero attached hydrogens (tertiary/aromatic N) is 2. The number of benzene rings is 2. The van der Waals surface area contributed by atoms with E-state index in [4.69, 9.17) is 14.0 Å². The largest absolute Gasteiger partial charge is 0.493 e. The standard InChI is InChI=1S/C24H27FN2O4/c1-16(28)18-7-8-20(22(15-18)29-2)30-14-4-11-27-12-9-17(10-13-27)24-23-19(25)5-3-6-21(23)31-26-24/h3,5-8,15,17H,4,9-14H2,1-2H3. The summed E-state index contributed by atoms with van der Waals surface area (Å²) < 4.78 is 30.8. The number of piperidine rings is 1. The van der Waals surface area contributed by atoms with E-state index in [0.29, 0.717) is 34.6 Å². The van der Waals surface area contributed by atoms with Gasteiger partial charge in [-0.2, -0.15) is 0 Å². The molecule has 0 radical (unpaired) electrons. The van der Waals surface area contributed by atoms with Crippen molar-refractivity contribution in [3.05, 3.63) is 53.5 Å². The fourth-order valence-electron chi connectivity index (χ4n) is 4.16. The highest BCUT2D eigenvalue weighted by Crippen LogP contribution is 2.34. The Morgan fingerprint density at radius 1 is 1.23 bits per heavy atom. The second-order valence-corrected chi connectivity index (χ2v) is 7.92. The van der Waals surface area contributed by atoms with Gasteiger partial charge >= 0.3 is 0 Å². The van der Waals surface area contributed by atoms with Gasteiger partial charge in [0.2, 0.25) is 0 Å². The molecule has 1 aliphatic rings. The van der Waals surface area contributed by atoms with Crippen LogP contribution in [0.1, 0.15) is 48.2 Å². The van der Waals surface area contributed by atoms with Gasteiger partial charge in [-0.15, -0.1) is 0 Å². The summed E-state index contributed by atoms with van der Waals surface area (Å²) >= 11 is 0. The molecule has 2 heterocycles. The highest BCUT2D eigenvalue weighted by Gasteiger charge is 2.26. The summed E-state index contributed by atoms with van der Waals surface area (Å²) in [6, 6.07) is 10.1. The molecule has 31 heavy (non-hydrogen) atoms. The molecule has 6 nitrogen and oxygen atoms in total. The number of fused-ring (bicyclic) bond motifs is 1. The van der Waals surface area contributed by atoms with E-state index in [1.54, 1.807) is 37.4 Å². The Morgan fingerprint density at radius 3 is 2.77 bits per heavy atom. The van der Waals surface area contributed by atoms with Crippen LogP contribution in [0.3, 0.4) is 0 Å². The van der Waals surface area contributed by atoms with Crippen molar-refractivity contribution in [2.45, 2.75) is 32.1 Å². The Labute approximate surface area is 180 Å². The van der Waals surface area contributed by atoms with Crippen molar-refractivity contribution in [2.75, 3.05) is 33.4 Å². The first-order chi connectivity index (χ1) is 15.1. The molecule has 0 bridgehead atoms. The lowest BCUT2D eigenvalue weighted by Crippen LogP contribution is -2.34. The van der Waals surface area contributed by atoms with E-state index in [9.17, 15) is 9.18 Å². The van der Waals surface area contributed by atoms with Crippen LogP contribution in [-0.4, -0.2) is 49.2 Å². The average molecular weight is 426 g/mol. The van der Waals surface area contributed by atoms with Crippen molar-refractivity contribution in [1.82, 2.24) is 10.1 Å². The van der Waals surface area contributed by atoms with Gasteiger partial charge in [-0.1, -0.05) is 11.2 Å². The van der Waals surface area contributed by atoms with Crippen LogP contribution in [-0.2, 0) is 0 Å². The molecular weight excluding hydrogens is 399 g/mol. The minimum absolute atomic E-state index is 0.00499. The third kappa shape index (κ3) is 4.71. The van der Waals surface area contributed by atoms with Gasteiger partial charge in [0.05, 0.1) is 24.8 Å². The summed E-state index contributed by atoms with van der Waals surface area (Å²) in [4.78, 5) is 13.9. The Hall–Kier alpha value is -2.93. The van der Waals surface area contributed by atoms with Crippen LogP contribution >= 0.6 is 0 Å². The highest BCUT2D eigenvalue weighted by atomic mass is 19.1. The van der Waals surface area contributed by atoms with Crippen LogP contribution in [0.15, 0.2) is 40.9 Å². The molecule has 0 saturated carbocycles. The summed E-state index contributed by atoms with van der Waals surface area (Å²) in [7, 11) is 1.57. The molecule has 0 unspecified atom stereocenters. The minimum Gasteiger partial charge on any atom is -0.493 e. The highest BCUT2D eigenvalue weighted by molar-refractivity contribution is 5.94. The normalized spacial score (nSPS) is 15.3. The topological polar surface area (TPSA) is 64.8 Å². The fraction of sp³-hybridized carbons (Fsp3) is 0.417. The zero-order chi connectivity index (χ0) is 21.8. The summed E-state index contributed by atoms with van der Waals surface area (Å²) in [6.07, 6.45) is 2.73. The van der Waals surface area contributed by atoms with Crippen molar-refractivity contribution in [3.8, 4) is 11.5 Å². The first kappa shape index (κ1) is 21.3. The summed E-state index contributed by atoms with van der Waals surface area (Å²) in [5.74, 6) is 1.16. The Kier molecular flexibility index (Phi) is 6.51. The molecule has 3 aromatic rings. The van der Waals surface area contributed by atoms with Crippen LogP contribution in [0.2, 0.25) is 0 Å². The molecule has 164 valence electrons. The SMILES string of the molecule is COc1cc(C(C)=O)ccc1OCCCN1CCC(c2noc3cccc(F)c23)CC1. The number of ketones is 1. The number of hydrogen-bond donors (Lipinski definition) is 0. The lowest BCUT2D eigenvalue weighted by atomic mass is 9.91. The molecule has 0 N–H and O–H groups in total. The molecule has 2 aromatic carbocycles. The number of hydrogen-bond acceptors (Lipinski definition) is 6. The number of ether oxygens (including phenoxy) is 2. The number of aromatic nitrogens is 1. The zero-order valence-electron chi connectivity index (χ0n) is 17.9. The van der Waals surface area contributed by atoms with Gasteiger partial charge in [0, 0.05) is 18.0 Å². The molecule has 1 aromatic heterocycles. The van der Waals surface area contributed by atoms with Gasteiger partial charge in [-0.25, -0.2) is 4.39 Å². The van der Waals surface area contributed by atoms with E-state index in [1.165, 1.54) is 13.0 Å². The number of carbonyl (C=O) groups is 1. The van der Waals surface area contributed by atoms with Crippen LogP contribution in [0.25, 0.3) is 11.0 Å². The van der Waals surface area contributed by atoms with E-state index in [0.717, 1.165) is 44.6 Å². The van der Waals surface area contributed by atoms with Gasteiger partial charge in [0.25, 0.3) is 0 Å². The Bertz CT molecular complexity index is 1060. The van der Waals surface area contributed by atoms with E-state index >= 15 is 0 Å². The lowest BCUT2D eigenvalue weighted by Gasteiger charge is -2.31. The first-order valence-electron chi connectivity index (χ1n) is 10.6. The molecule has 1 aliphatic heterocycles. The van der Waals surface area contributed by atoms with Gasteiger partial charge in [-0.3, -0.25) is 4.79 Å². The molecule has 0 atom stereocenters. The number of likely N-dealkylation sites (tertiary alicyclic amines) is 1. The Morgan fingerprint density at radius 2 is 2.03 bits per heavy atom. The number of carbonyl (C=O) groups excluding carboxylic acids is 1. The molecule has 1 saturated heterocycles. The third-order valence-corrected chi connectivity index (χ3v) is 5.89. The number of rotatable bonds is 8.